The molecule has 0 unspecified atom stereocenters. The Labute approximate surface area is 129 Å². The average Bonchev–Trinajstić information content (AvgIpc) is 2.56. The fourth-order valence-corrected chi connectivity index (χ4v) is 2.70. The van der Waals surface area contributed by atoms with E-state index in [9.17, 15) is 13.6 Å². The lowest BCUT2D eigenvalue weighted by atomic mass is 10.1. The van der Waals surface area contributed by atoms with Gasteiger partial charge in [0.2, 0.25) is 0 Å². The summed E-state index contributed by atoms with van der Waals surface area (Å²) in [5, 5.41) is 2.06. The molecule has 0 fully saturated rings. The molecule has 112 valence electrons. The lowest BCUT2D eigenvalue weighted by Gasteiger charge is -2.07. The normalized spacial score (nSPS) is 11.2. The van der Waals surface area contributed by atoms with E-state index in [1.165, 1.54) is 6.07 Å². The first-order chi connectivity index (χ1) is 11.1. The molecule has 0 amide bonds. The predicted octanol–water partition coefficient (Wildman–Crippen LogP) is 4.89. The second-order valence-electron chi connectivity index (χ2n) is 5.26. The van der Waals surface area contributed by atoms with Crippen molar-refractivity contribution in [2.75, 3.05) is 0 Å². The van der Waals surface area contributed by atoms with E-state index in [1.54, 1.807) is 6.07 Å². The van der Waals surface area contributed by atoms with E-state index in [1.807, 2.05) is 30.3 Å². The highest BCUT2D eigenvalue weighted by Gasteiger charge is 2.13. The van der Waals surface area contributed by atoms with Crippen LogP contribution in [0.3, 0.4) is 0 Å². The lowest BCUT2D eigenvalue weighted by molar-refractivity contribution is 0.582. The largest absolute Gasteiger partial charge is 0.455 e. The van der Waals surface area contributed by atoms with E-state index in [0.29, 0.717) is 11.0 Å². The number of rotatable bonds is 1. The van der Waals surface area contributed by atoms with Gasteiger partial charge in [-0.05, 0) is 29.7 Å². The van der Waals surface area contributed by atoms with Crippen molar-refractivity contribution in [2.24, 2.45) is 0 Å². The quantitative estimate of drug-likeness (QED) is 0.469. The van der Waals surface area contributed by atoms with Crippen LogP contribution in [-0.2, 0) is 0 Å². The van der Waals surface area contributed by atoms with E-state index in [4.69, 9.17) is 4.42 Å². The first-order valence-electron chi connectivity index (χ1n) is 7.04. The summed E-state index contributed by atoms with van der Waals surface area (Å²) < 4.78 is 33.2. The van der Waals surface area contributed by atoms with Crippen LogP contribution in [-0.4, -0.2) is 0 Å². The maximum Gasteiger partial charge on any atom is 0.193 e. The van der Waals surface area contributed by atoms with Gasteiger partial charge in [-0.15, -0.1) is 0 Å². The number of fused-ring (bicyclic) bond motifs is 3. The molecule has 1 aromatic heterocycles. The third-order valence-corrected chi connectivity index (χ3v) is 3.81. The molecule has 0 saturated heterocycles. The number of halogens is 2. The van der Waals surface area contributed by atoms with Crippen molar-refractivity contribution in [3.8, 4) is 11.3 Å². The zero-order valence-electron chi connectivity index (χ0n) is 11.8. The smallest absolute Gasteiger partial charge is 0.193 e. The van der Waals surface area contributed by atoms with Gasteiger partial charge < -0.3 is 4.42 Å². The van der Waals surface area contributed by atoms with E-state index < -0.39 is 11.6 Å². The van der Waals surface area contributed by atoms with Crippen molar-refractivity contribution >= 4 is 21.7 Å². The van der Waals surface area contributed by atoms with Crippen molar-refractivity contribution in [1.82, 2.24) is 0 Å². The Morgan fingerprint density at radius 1 is 0.826 bits per heavy atom. The Kier molecular flexibility index (Phi) is 2.98. The first kappa shape index (κ1) is 13.6. The Morgan fingerprint density at radius 3 is 2.52 bits per heavy atom. The molecule has 4 aromatic rings. The summed E-state index contributed by atoms with van der Waals surface area (Å²) in [6.45, 7) is 0. The summed E-state index contributed by atoms with van der Waals surface area (Å²) >= 11 is 0. The van der Waals surface area contributed by atoms with Crippen molar-refractivity contribution in [1.29, 1.82) is 0 Å². The van der Waals surface area contributed by atoms with Crippen LogP contribution in [0.4, 0.5) is 8.78 Å². The Morgan fingerprint density at radius 2 is 1.65 bits per heavy atom. The van der Waals surface area contributed by atoms with Crippen LogP contribution in [0.25, 0.3) is 33.1 Å². The highest BCUT2D eigenvalue weighted by Crippen LogP contribution is 2.29. The van der Waals surface area contributed by atoms with Crippen molar-refractivity contribution in [3.05, 3.63) is 82.5 Å². The Bertz CT molecular complexity index is 1110. The Balaban J connectivity index is 2.12. The van der Waals surface area contributed by atoms with Crippen LogP contribution in [0.15, 0.2) is 69.9 Å². The molecular weight excluding hydrogens is 298 g/mol. The molecule has 0 radical (unpaired) electrons. The molecule has 0 atom stereocenters. The van der Waals surface area contributed by atoms with Gasteiger partial charge in [-0.1, -0.05) is 30.3 Å². The summed E-state index contributed by atoms with van der Waals surface area (Å²) in [5.41, 5.74) is 0.00172. The van der Waals surface area contributed by atoms with Crippen molar-refractivity contribution in [3.63, 3.8) is 0 Å². The summed E-state index contributed by atoms with van der Waals surface area (Å²) in [4.78, 5) is 12.3. The maximum atomic E-state index is 14.0. The molecule has 4 rings (SSSR count). The van der Waals surface area contributed by atoms with Gasteiger partial charge in [0.25, 0.3) is 0 Å². The van der Waals surface area contributed by atoms with E-state index in [0.717, 1.165) is 29.0 Å². The summed E-state index contributed by atoms with van der Waals surface area (Å²) in [5.74, 6) is -1.23. The van der Waals surface area contributed by atoms with Gasteiger partial charge in [-0.2, -0.15) is 0 Å². The minimum Gasteiger partial charge on any atom is -0.455 e. The third-order valence-electron chi connectivity index (χ3n) is 3.81. The minimum absolute atomic E-state index is 0.0100. The van der Waals surface area contributed by atoms with Gasteiger partial charge in [-0.25, -0.2) is 8.78 Å². The van der Waals surface area contributed by atoms with Gasteiger partial charge in [0.1, 0.15) is 23.0 Å². The second kappa shape index (κ2) is 5.02. The summed E-state index contributed by atoms with van der Waals surface area (Å²) in [7, 11) is 0. The molecule has 1 heterocycles. The SMILES string of the molecule is O=c1cc(-c2cc(F)ccc2F)oc2c1ccc1ccccc12. The minimum atomic E-state index is -0.644. The van der Waals surface area contributed by atoms with E-state index in [2.05, 4.69) is 0 Å². The number of hydrogen-bond donors (Lipinski definition) is 0. The maximum absolute atomic E-state index is 14.0. The fraction of sp³-hybridized carbons (Fsp3) is 0. The van der Waals surface area contributed by atoms with Crippen LogP contribution < -0.4 is 5.43 Å². The average molecular weight is 308 g/mol. The van der Waals surface area contributed by atoms with Gasteiger partial charge in [-0.3, -0.25) is 4.79 Å². The highest BCUT2D eigenvalue weighted by atomic mass is 19.1. The zero-order chi connectivity index (χ0) is 16.0. The summed E-state index contributed by atoms with van der Waals surface area (Å²) in [6.07, 6.45) is 0. The molecule has 0 aliphatic heterocycles. The van der Waals surface area contributed by atoms with Gasteiger partial charge in [0.15, 0.2) is 5.43 Å². The molecule has 0 bridgehead atoms. The molecule has 0 spiro atoms. The van der Waals surface area contributed by atoms with Crippen LogP contribution in [0.5, 0.6) is 0 Å². The van der Waals surface area contributed by atoms with E-state index in [-0.39, 0.29) is 16.8 Å². The second-order valence-corrected chi connectivity index (χ2v) is 5.26. The number of benzene rings is 3. The van der Waals surface area contributed by atoms with Crippen LogP contribution >= 0.6 is 0 Å². The Hall–Kier alpha value is -3.01. The first-order valence-corrected chi connectivity index (χ1v) is 7.04. The topological polar surface area (TPSA) is 30.2 Å². The van der Waals surface area contributed by atoms with Gasteiger partial charge in [0.05, 0.1) is 10.9 Å². The highest BCUT2D eigenvalue weighted by molar-refractivity contribution is 6.04. The van der Waals surface area contributed by atoms with Crippen LogP contribution in [0.1, 0.15) is 0 Å². The molecule has 0 saturated carbocycles. The van der Waals surface area contributed by atoms with Gasteiger partial charge in [0, 0.05) is 11.5 Å². The molecule has 0 aliphatic carbocycles. The third kappa shape index (κ3) is 2.19. The number of hydrogen-bond acceptors (Lipinski definition) is 2. The fourth-order valence-electron chi connectivity index (χ4n) is 2.70. The molecular formula is C19H10F2O2. The molecule has 4 heteroatoms. The van der Waals surface area contributed by atoms with Crippen LogP contribution in [0, 0.1) is 11.6 Å². The van der Waals surface area contributed by atoms with Crippen LogP contribution in [0.2, 0.25) is 0 Å². The lowest BCUT2D eigenvalue weighted by Crippen LogP contribution is -2.01. The molecule has 0 N–H and O–H groups in total. The molecule has 23 heavy (non-hydrogen) atoms. The van der Waals surface area contributed by atoms with Gasteiger partial charge >= 0.3 is 0 Å². The predicted molar refractivity (Wildman–Crippen MR) is 85.3 cm³/mol. The molecule has 2 nitrogen and oxygen atoms in total. The van der Waals surface area contributed by atoms with Crippen molar-refractivity contribution < 1.29 is 13.2 Å². The molecule has 3 aromatic carbocycles. The zero-order valence-corrected chi connectivity index (χ0v) is 11.8. The summed E-state index contributed by atoms with van der Waals surface area (Å²) in [6, 6.07) is 15.2. The standard InChI is InChI=1S/C19H10F2O2/c20-12-6-8-16(21)15(9-12)18-10-17(22)14-7-5-11-3-1-2-4-13(11)19(14)23-18/h1-10H. The molecule has 0 aliphatic rings. The monoisotopic (exact) mass is 308 g/mol. The van der Waals surface area contributed by atoms with Crippen molar-refractivity contribution in [2.45, 2.75) is 0 Å². The van der Waals surface area contributed by atoms with E-state index >= 15 is 0 Å².